The molecule has 2 aromatic carbocycles. The smallest absolute Gasteiger partial charge is 0.323 e. The predicted molar refractivity (Wildman–Crippen MR) is 122 cm³/mol. The number of fused-ring (bicyclic) bond motifs is 2. The second-order valence-electron chi connectivity index (χ2n) is 8.10. The summed E-state index contributed by atoms with van der Waals surface area (Å²) in [6.07, 6.45) is 9.76. The van der Waals surface area contributed by atoms with E-state index in [9.17, 15) is 4.79 Å². The van der Waals surface area contributed by atoms with Gasteiger partial charge in [-0.2, -0.15) is 0 Å². The molecule has 1 saturated heterocycles. The monoisotopic (exact) mass is 404 g/mol. The number of nitrogens with zero attached hydrogens (tertiary/aromatic N) is 2. The topological polar surface area (TPSA) is 32.8 Å². The van der Waals surface area contributed by atoms with Crippen LogP contribution < -0.4 is 4.90 Å². The van der Waals surface area contributed by atoms with E-state index in [1.807, 2.05) is 6.92 Å². The third kappa shape index (κ3) is 4.59. The molecule has 0 N–H and O–H groups in total. The van der Waals surface area contributed by atoms with Crippen LogP contribution in [0.25, 0.3) is 0 Å². The van der Waals surface area contributed by atoms with Crippen molar-refractivity contribution in [3.05, 3.63) is 71.8 Å². The van der Waals surface area contributed by atoms with Gasteiger partial charge in [-0.25, -0.2) is 0 Å². The van der Waals surface area contributed by atoms with Gasteiger partial charge in [-0.1, -0.05) is 55.0 Å². The van der Waals surface area contributed by atoms with Crippen molar-refractivity contribution in [2.45, 2.75) is 45.1 Å². The summed E-state index contributed by atoms with van der Waals surface area (Å²) in [5.74, 6) is -0.0685. The van der Waals surface area contributed by atoms with Gasteiger partial charge in [-0.3, -0.25) is 9.69 Å². The molecule has 4 heteroatoms. The zero-order valence-electron chi connectivity index (χ0n) is 17.9. The minimum absolute atomic E-state index is 0.0685. The summed E-state index contributed by atoms with van der Waals surface area (Å²) < 4.78 is 5.29. The molecule has 2 aromatic rings. The molecule has 2 aliphatic heterocycles. The Morgan fingerprint density at radius 3 is 2.27 bits per heavy atom. The first kappa shape index (κ1) is 20.7. The summed E-state index contributed by atoms with van der Waals surface area (Å²) in [4.78, 5) is 17.0. The SMILES string of the molecule is CCOC(=O)C1CCCCN1C/C=C\CN1c2ccccc2CCc2ccccc21. The second kappa shape index (κ2) is 9.94. The van der Waals surface area contributed by atoms with Crippen LogP contribution in [0.2, 0.25) is 0 Å². The van der Waals surface area contributed by atoms with Gasteiger partial charge < -0.3 is 9.64 Å². The average Bonchev–Trinajstić information content (AvgIpc) is 2.94. The van der Waals surface area contributed by atoms with Crippen molar-refractivity contribution in [1.29, 1.82) is 0 Å². The fraction of sp³-hybridized carbons (Fsp3) is 0.423. The molecule has 4 nitrogen and oxygen atoms in total. The maximum absolute atomic E-state index is 12.3. The number of ether oxygens (including phenoxy) is 1. The van der Waals surface area contributed by atoms with Crippen LogP contribution in [0.4, 0.5) is 11.4 Å². The maximum atomic E-state index is 12.3. The number of likely N-dealkylation sites (tertiary alicyclic amines) is 1. The molecule has 0 spiro atoms. The van der Waals surface area contributed by atoms with Gasteiger partial charge in [0.05, 0.1) is 6.61 Å². The van der Waals surface area contributed by atoms with E-state index in [1.54, 1.807) is 0 Å². The van der Waals surface area contributed by atoms with Crippen LogP contribution in [0.3, 0.4) is 0 Å². The Bertz CT molecular complexity index is 845. The van der Waals surface area contributed by atoms with Crippen molar-refractivity contribution in [3.8, 4) is 0 Å². The lowest BCUT2D eigenvalue weighted by Crippen LogP contribution is -2.45. The van der Waals surface area contributed by atoms with Crippen molar-refractivity contribution in [2.24, 2.45) is 0 Å². The molecule has 0 radical (unpaired) electrons. The summed E-state index contributed by atoms with van der Waals surface area (Å²) in [6.45, 7) is 4.91. The van der Waals surface area contributed by atoms with E-state index < -0.39 is 0 Å². The highest BCUT2D eigenvalue weighted by Crippen LogP contribution is 2.35. The molecule has 0 saturated carbocycles. The number of hydrogen-bond acceptors (Lipinski definition) is 4. The third-order valence-electron chi connectivity index (χ3n) is 6.20. The normalized spacial score (nSPS) is 19.2. The Morgan fingerprint density at radius 1 is 0.967 bits per heavy atom. The molecule has 1 atom stereocenters. The van der Waals surface area contributed by atoms with Gasteiger partial charge in [0, 0.05) is 24.5 Å². The van der Waals surface area contributed by atoms with Crippen LogP contribution in [-0.4, -0.2) is 43.2 Å². The van der Waals surface area contributed by atoms with E-state index in [2.05, 4.69) is 70.5 Å². The number of anilines is 2. The molecule has 2 aliphatic rings. The van der Waals surface area contributed by atoms with Crippen molar-refractivity contribution >= 4 is 17.3 Å². The highest BCUT2D eigenvalue weighted by atomic mass is 16.5. The van der Waals surface area contributed by atoms with Crippen LogP contribution in [0.15, 0.2) is 60.7 Å². The van der Waals surface area contributed by atoms with Crippen molar-refractivity contribution in [2.75, 3.05) is 31.1 Å². The number of rotatable bonds is 6. The van der Waals surface area contributed by atoms with Crippen LogP contribution in [-0.2, 0) is 22.4 Å². The molecule has 0 bridgehead atoms. The molecule has 1 fully saturated rings. The summed E-state index contributed by atoms with van der Waals surface area (Å²) in [5, 5.41) is 0. The molecule has 4 rings (SSSR count). The lowest BCUT2D eigenvalue weighted by atomic mass is 10.0. The fourth-order valence-electron chi connectivity index (χ4n) is 4.67. The maximum Gasteiger partial charge on any atom is 0.323 e. The minimum Gasteiger partial charge on any atom is -0.465 e. The number of esters is 1. The lowest BCUT2D eigenvalue weighted by Gasteiger charge is -2.33. The predicted octanol–water partition coefficient (Wildman–Crippen LogP) is 4.90. The molecular weight excluding hydrogens is 372 g/mol. The quantitative estimate of drug-likeness (QED) is 0.507. The molecule has 0 aromatic heterocycles. The molecule has 1 unspecified atom stereocenters. The van der Waals surface area contributed by atoms with Crippen LogP contribution in [0.1, 0.15) is 37.3 Å². The Morgan fingerprint density at radius 2 is 1.60 bits per heavy atom. The van der Waals surface area contributed by atoms with Gasteiger partial charge in [0.1, 0.15) is 6.04 Å². The number of carbonyl (C=O) groups excluding carboxylic acids is 1. The highest BCUT2D eigenvalue weighted by molar-refractivity contribution is 5.76. The fourth-order valence-corrected chi connectivity index (χ4v) is 4.67. The Labute approximate surface area is 180 Å². The van der Waals surface area contributed by atoms with E-state index in [1.165, 1.54) is 22.5 Å². The number of piperidine rings is 1. The summed E-state index contributed by atoms with van der Waals surface area (Å²) in [5.41, 5.74) is 5.41. The largest absolute Gasteiger partial charge is 0.465 e. The Hall–Kier alpha value is -2.59. The number of hydrogen-bond donors (Lipinski definition) is 0. The number of carbonyl (C=O) groups is 1. The molecule has 0 amide bonds. The molecule has 2 heterocycles. The average molecular weight is 405 g/mol. The second-order valence-corrected chi connectivity index (χ2v) is 8.10. The number of benzene rings is 2. The van der Waals surface area contributed by atoms with E-state index in [-0.39, 0.29) is 12.0 Å². The van der Waals surface area contributed by atoms with Crippen LogP contribution in [0, 0.1) is 0 Å². The summed E-state index contributed by atoms with van der Waals surface area (Å²) in [7, 11) is 0. The van der Waals surface area contributed by atoms with Gasteiger partial charge in [-0.05, 0) is 62.4 Å². The third-order valence-corrected chi connectivity index (χ3v) is 6.20. The number of para-hydroxylation sites is 2. The zero-order valence-corrected chi connectivity index (χ0v) is 17.9. The van der Waals surface area contributed by atoms with Gasteiger partial charge >= 0.3 is 5.97 Å². The first-order valence-electron chi connectivity index (χ1n) is 11.3. The highest BCUT2D eigenvalue weighted by Gasteiger charge is 2.28. The van der Waals surface area contributed by atoms with Gasteiger partial charge in [0.25, 0.3) is 0 Å². The molecule has 30 heavy (non-hydrogen) atoms. The van der Waals surface area contributed by atoms with Crippen molar-refractivity contribution in [3.63, 3.8) is 0 Å². The standard InChI is InChI=1S/C26H32N2O2/c1-2-30-26(29)25-15-7-8-18-27(25)19-9-10-20-28-23-13-5-3-11-21(23)16-17-22-12-4-6-14-24(22)28/h3-6,9-14,25H,2,7-8,15-20H2,1H3/b10-9-. The van der Waals surface area contributed by atoms with Crippen LogP contribution in [0.5, 0.6) is 0 Å². The molecule has 158 valence electrons. The van der Waals surface area contributed by atoms with E-state index >= 15 is 0 Å². The van der Waals surface area contributed by atoms with E-state index in [4.69, 9.17) is 4.74 Å². The Kier molecular flexibility index (Phi) is 6.85. The number of aryl methyl sites for hydroxylation is 2. The Balaban J connectivity index is 1.48. The van der Waals surface area contributed by atoms with E-state index in [0.717, 1.165) is 51.7 Å². The van der Waals surface area contributed by atoms with Crippen molar-refractivity contribution < 1.29 is 9.53 Å². The molecular formula is C26H32N2O2. The van der Waals surface area contributed by atoms with Gasteiger partial charge in [-0.15, -0.1) is 0 Å². The molecule has 0 aliphatic carbocycles. The minimum atomic E-state index is -0.0945. The van der Waals surface area contributed by atoms with Crippen LogP contribution >= 0.6 is 0 Å². The van der Waals surface area contributed by atoms with E-state index in [0.29, 0.717) is 6.61 Å². The van der Waals surface area contributed by atoms with Gasteiger partial charge in [0.2, 0.25) is 0 Å². The lowest BCUT2D eigenvalue weighted by molar-refractivity contribution is -0.150. The van der Waals surface area contributed by atoms with Crippen molar-refractivity contribution in [1.82, 2.24) is 4.90 Å². The first-order valence-corrected chi connectivity index (χ1v) is 11.3. The zero-order chi connectivity index (χ0) is 20.8. The summed E-state index contributed by atoms with van der Waals surface area (Å²) >= 11 is 0. The summed E-state index contributed by atoms with van der Waals surface area (Å²) in [6, 6.07) is 17.4. The first-order chi connectivity index (χ1) is 14.8. The van der Waals surface area contributed by atoms with Gasteiger partial charge in [0.15, 0.2) is 0 Å².